The fourth-order valence-corrected chi connectivity index (χ4v) is 4.13. The number of thiazole rings is 1. The molecule has 1 aromatic heterocycles. The van der Waals surface area contributed by atoms with Gasteiger partial charge in [0.1, 0.15) is 0 Å². The lowest BCUT2D eigenvalue weighted by molar-refractivity contribution is -0.156. The van der Waals surface area contributed by atoms with Gasteiger partial charge in [0.2, 0.25) is 0 Å². The fourth-order valence-electron chi connectivity index (χ4n) is 3.14. The monoisotopic (exact) mass is 318 g/mol. The number of carbonyl (C=O) groups excluding carboxylic acids is 1. The molecule has 0 amide bonds. The van der Waals surface area contributed by atoms with Gasteiger partial charge < -0.3 is 9.64 Å². The smallest absolute Gasteiger partial charge is 0.314 e. The Morgan fingerprint density at radius 2 is 2.23 bits per heavy atom. The normalized spacial score (nSPS) is 21.7. The maximum Gasteiger partial charge on any atom is 0.314 e. The Kier molecular flexibility index (Phi) is 4.08. The molecule has 22 heavy (non-hydrogen) atoms. The third-order valence-corrected chi connectivity index (χ3v) is 5.74. The van der Waals surface area contributed by atoms with Gasteiger partial charge in [-0.2, -0.15) is 0 Å². The molecule has 1 aliphatic rings. The van der Waals surface area contributed by atoms with Crippen LogP contribution in [-0.2, 0) is 9.53 Å². The van der Waals surface area contributed by atoms with E-state index in [0.29, 0.717) is 13.2 Å². The van der Waals surface area contributed by atoms with E-state index in [-0.39, 0.29) is 11.9 Å². The van der Waals surface area contributed by atoms with Crippen LogP contribution in [0.3, 0.4) is 0 Å². The molecular formula is C17H22N2O2S. The molecule has 1 saturated heterocycles. The number of anilines is 1. The summed E-state index contributed by atoms with van der Waals surface area (Å²) in [5.41, 5.74) is 0.620. The predicted octanol–water partition coefficient (Wildman–Crippen LogP) is 3.71. The molecule has 1 aliphatic heterocycles. The van der Waals surface area contributed by atoms with Crippen molar-refractivity contribution in [3.63, 3.8) is 0 Å². The van der Waals surface area contributed by atoms with E-state index in [2.05, 4.69) is 24.8 Å². The number of para-hydroxylation sites is 1. The number of rotatable bonds is 4. The van der Waals surface area contributed by atoms with Gasteiger partial charge in [-0.15, -0.1) is 0 Å². The van der Waals surface area contributed by atoms with Crippen molar-refractivity contribution in [2.45, 2.75) is 27.2 Å². The predicted molar refractivity (Wildman–Crippen MR) is 90.4 cm³/mol. The number of nitrogens with zero attached hydrogens (tertiary/aromatic N) is 2. The zero-order chi connectivity index (χ0) is 15.7. The highest BCUT2D eigenvalue weighted by Crippen LogP contribution is 2.42. The lowest BCUT2D eigenvalue weighted by Gasteiger charge is -2.30. The Morgan fingerprint density at radius 1 is 1.45 bits per heavy atom. The number of fused-ring (bicyclic) bond motifs is 1. The fraction of sp³-hybridized carbons (Fsp3) is 0.529. The zero-order valence-corrected chi connectivity index (χ0v) is 14.2. The van der Waals surface area contributed by atoms with Gasteiger partial charge in [-0.05, 0) is 31.4 Å². The maximum absolute atomic E-state index is 12.5. The van der Waals surface area contributed by atoms with Crippen LogP contribution in [0.5, 0.6) is 0 Å². The molecule has 1 fully saturated rings. The Labute approximate surface area is 135 Å². The van der Waals surface area contributed by atoms with E-state index in [0.717, 1.165) is 23.6 Å². The van der Waals surface area contributed by atoms with Crippen LogP contribution in [0.15, 0.2) is 24.3 Å². The minimum atomic E-state index is -0.409. The maximum atomic E-state index is 12.5. The van der Waals surface area contributed by atoms with Crippen LogP contribution in [0, 0.1) is 11.3 Å². The highest BCUT2D eigenvalue weighted by molar-refractivity contribution is 7.22. The second-order valence-corrected chi connectivity index (χ2v) is 7.18. The number of hydrogen-bond acceptors (Lipinski definition) is 5. The molecule has 0 saturated carbocycles. The summed E-state index contributed by atoms with van der Waals surface area (Å²) in [5.74, 6) is 0.194. The highest BCUT2D eigenvalue weighted by Gasteiger charge is 2.48. The summed E-state index contributed by atoms with van der Waals surface area (Å²) in [7, 11) is 0. The molecule has 2 heterocycles. The molecule has 2 aromatic rings. The molecule has 0 bridgehead atoms. The van der Waals surface area contributed by atoms with Crippen LogP contribution in [0.25, 0.3) is 10.2 Å². The van der Waals surface area contributed by atoms with Crippen molar-refractivity contribution in [3.8, 4) is 0 Å². The van der Waals surface area contributed by atoms with Crippen LogP contribution in [0.1, 0.15) is 27.2 Å². The first-order chi connectivity index (χ1) is 10.6. The second kappa shape index (κ2) is 5.88. The topological polar surface area (TPSA) is 42.4 Å². The average Bonchev–Trinajstić information content (AvgIpc) is 3.12. The van der Waals surface area contributed by atoms with E-state index < -0.39 is 5.41 Å². The summed E-state index contributed by atoms with van der Waals surface area (Å²) in [4.78, 5) is 19.4. The van der Waals surface area contributed by atoms with Crippen LogP contribution >= 0.6 is 11.3 Å². The molecule has 4 nitrogen and oxygen atoms in total. The van der Waals surface area contributed by atoms with Gasteiger partial charge in [-0.3, -0.25) is 4.79 Å². The second-order valence-electron chi connectivity index (χ2n) is 6.17. The molecule has 0 aliphatic carbocycles. The van der Waals surface area contributed by atoms with Gasteiger partial charge in [0.25, 0.3) is 0 Å². The zero-order valence-electron chi connectivity index (χ0n) is 13.3. The first-order valence-corrected chi connectivity index (χ1v) is 8.66. The summed E-state index contributed by atoms with van der Waals surface area (Å²) in [6, 6.07) is 8.16. The van der Waals surface area contributed by atoms with Crippen molar-refractivity contribution in [1.29, 1.82) is 0 Å². The van der Waals surface area contributed by atoms with Crippen LogP contribution in [0.2, 0.25) is 0 Å². The van der Waals surface area contributed by atoms with Gasteiger partial charge >= 0.3 is 5.97 Å². The third-order valence-electron chi connectivity index (χ3n) is 4.64. The summed E-state index contributed by atoms with van der Waals surface area (Å²) in [6.07, 6.45) is 0.833. The quantitative estimate of drug-likeness (QED) is 0.806. The molecule has 1 unspecified atom stereocenters. The summed E-state index contributed by atoms with van der Waals surface area (Å²) in [5, 5.41) is 1.01. The van der Waals surface area contributed by atoms with Gasteiger partial charge in [-0.25, -0.2) is 4.98 Å². The Balaban J connectivity index is 1.87. The van der Waals surface area contributed by atoms with E-state index in [1.54, 1.807) is 11.3 Å². The van der Waals surface area contributed by atoms with E-state index >= 15 is 0 Å². The minimum Gasteiger partial charge on any atom is -0.466 e. The van der Waals surface area contributed by atoms with E-state index in [9.17, 15) is 4.79 Å². The number of ether oxygens (including phenoxy) is 1. The van der Waals surface area contributed by atoms with Gasteiger partial charge in [0.05, 0.1) is 22.2 Å². The molecule has 5 heteroatoms. The van der Waals surface area contributed by atoms with Crippen molar-refractivity contribution in [3.05, 3.63) is 24.3 Å². The number of esters is 1. The summed E-state index contributed by atoms with van der Waals surface area (Å²) >= 11 is 1.69. The van der Waals surface area contributed by atoms with Gasteiger partial charge in [-0.1, -0.05) is 37.3 Å². The molecule has 0 N–H and O–H groups in total. The number of hydrogen-bond donors (Lipinski definition) is 0. The first kappa shape index (κ1) is 15.3. The van der Waals surface area contributed by atoms with Crippen LogP contribution < -0.4 is 4.90 Å². The molecular weight excluding hydrogens is 296 g/mol. The van der Waals surface area contributed by atoms with E-state index in [4.69, 9.17) is 9.72 Å². The standard InChI is InChI=1S/C17H22N2O2S/c1-4-21-15(20)17(12(2)3)9-10-19(11-17)16-18-13-7-5-6-8-14(13)22-16/h5-8,12H,4,9-11H2,1-3H3. The van der Waals surface area contributed by atoms with Crippen molar-refractivity contribution in [2.75, 3.05) is 24.6 Å². The highest BCUT2D eigenvalue weighted by atomic mass is 32.1. The molecule has 0 spiro atoms. The average molecular weight is 318 g/mol. The number of benzene rings is 1. The van der Waals surface area contributed by atoms with Crippen molar-refractivity contribution in [2.24, 2.45) is 11.3 Å². The van der Waals surface area contributed by atoms with Crippen molar-refractivity contribution >= 4 is 32.7 Å². The molecule has 1 aromatic carbocycles. The molecule has 3 rings (SSSR count). The largest absolute Gasteiger partial charge is 0.466 e. The Hall–Kier alpha value is -1.62. The molecule has 1 atom stereocenters. The number of aromatic nitrogens is 1. The van der Waals surface area contributed by atoms with Crippen LogP contribution in [0.4, 0.5) is 5.13 Å². The molecule has 0 radical (unpaired) electrons. The van der Waals surface area contributed by atoms with Gasteiger partial charge in [0.15, 0.2) is 5.13 Å². The lowest BCUT2D eigenvalue weighted by atomic mass is 9.76. The van der Waals surface area contributed by atoms with Crippen molar-refractivity contribution < 1.29 is 9.53 Å². The SMILES string of the molecule is CCOC(=O)C1(C(C)C)CCN(c2nc3ccccc3s2)C1. The lowest BCUT2D eigenvalue weighted by Crippen LogP contribution is -2.40. The first-order valence-electron chi connectivity index (χ1n) is 7.84. The van der Waals surface area contributed by atoms with E-state index in [1.807, 2.05) is 25.1 Å². The van der Waals surface area contributed by atoms with Gasteiger partial charge in [0, 0.05) is 13.1 Å². The Bertz CT molecular complexity index is 649. The summed E-state index contributed by atoms with van der Waals surface area (Å²) in [6.45, 7) is 8.08. The van der Waals surface area contributed by atoms with E-state index in [1.165, 1.54) is 4.70 Å². The summed E-state index contributed by atoms with van der Waals surface area (Å²) < 4.78 is 6.54. The minimum absolute atomic E-state index is 0.0615. The third kappa shape index (κ3) is 2.47. The molecule has 118 valence electrons. The van der Waals surface area contributed by atoms with Crippen LogP contribution in [-0.4, -0.2) is 30.6 Å². The Morgan fingerprint density at radius 3 is 2.91 bits per heavy atom. The number of carbonyl (C=O) groups is 1. The van der Waals surface area contributed by atoms with Crippen molar-refractivity contribution in [1.82, 2.24) is 4.98 Å².